The summed E-state index contributed by atoms with van der Waals surface area (Å²) in [6.07, 6.45) is 1.48. The SMILES string of the molecule is C=CC(C)NS(=O)(=O)c1cc(N)ccc1Cl. The number of rotatable bonds is 4. The van der Waals surface area contributed by atoms with Crippen LogP contribution in [-0.2, 0) is 10.0 Å². The number of hydrogen-bond donors (Lipinski definition) is 2. The molecule has 0 radical (unpaired) electrons. The Bertz CT molecular complexity index is 500. The van der Waals surface area contributed by atoms with Gasteiger partial charge >= 0.3 is 0 Å². The van der Waals surface area contributed by atoms with Gasteiger partial charge in [-0.25, -0.2) is 13.1 Å². The van der Waals surface area contributed by atoms with Crippen LogP contribution in [0.5, 0.6) is 0 Å². The van der Waals surface area contributed by atoms with Crippen molar-refractivity contribution in [3.63, 3.8) is 0 Å². The molecule has 1 aromatic carbocycles. The van der Waals surface area contributed by atoms with Crippen molar-refractivity contribution in [2.45, 2.75) is 17.9 Å². The summed E-state index contributed by atoms with van der Waals surface area (Å²) in [6.45, 7) is 5.17. The Labute approximate surface area is 100 Å². The highest BCUT2D eigenvalue weighted by Crippen LogP contribution is 2.23. The normalized spacial score (nSPS) is 13.4. The zero-order valence-corrected chi connectivity index (χ0v) is 10.3. The van der Waals surface area contributed by atoms with E-state index in [1.54, 1.807) is 6.92 Å². The van der Waals surface area contributed by atoms with Gasteiger partial charge in [0.25, 0.3) is 0 Å². The molecule has 0 saturated carbocycles. The summed E-state index contributed by atoms with van der Waals surface area (Å²) in [5, 5.41) is 0.137. The number of sulfonamides is 1. The molecular weight excluding hydrogens is 248 g/mol. The van der Waals surface area contributed by atoms with Crippen LogP contribution < -0.4 is 10.5 Å². The Morgan fingerprint density at radius 2 is 2.19 bits per heavy atom. The number of nitrogens with two attached hydrogens (primary N) is 1. The van der Waals surface area contributed by atoms with Crippen LogP contribution in [0.15, 0.2) is 35.7 Å². The minimum Gasteiger partial charge on any atom is -0.399 e. The number of anilines is 1. The van der Waals surface area contributed by atoms with Crippen molar-refractivity contribution in [2.75, 3.05) is 5.73 Å². The molecule has 0 saturated heterocycles. The van der Waals surface area contributed by atoms with Gasteiger partial charge in [-0.1, -0.05) is 17.7 Å². The number of nitrogen functional groups attached to an aromatic ring is 1. The number of hydrogen-bond acceptors (Lipinski definition) is 3. The summed E-state index contributed by atoms with van der Waals surface area (Å²) in [7, 11) is -3.66. The second-order valence-electron chi connectivity index (χ2n) is 3.34. The van der Waals surface area contributed by atoms with Crippen LogP contribution in [0.25, 0.3) is 0 Å². The Morgan fingerprint density at radius 3 is 2.75 bits per heavy atom. The van der Waals surface area contributed by atoms with Crippen LogP contribution in [-0.4, -0.2) is 14.5 Å². The fraction of sp³-hybridized carbons (Fsp3) is 0.200. The predicted molar refractivity (Wildman–Crippen MR) is 65.8 cm³/mol. The van der Waals surface area contributed by atoms with E-state index in [9.17, 15) is 8.42 Å². The van der Waals surface area contributed by atoms with Crippen molar-refractivity contribution in [3.05, 3.63) is 35.9 Å². The van der Waals surface area contributed by atoms with Crippen molar-refractivity contribution in [1.29, 1.82) is 0 Å². The predicted octanol–water partition coefficient (Wildman–Crippen LogP) is 1.78. The monoisotopic (exact) mass is 260 g/mol. The van der Waals surface area contributed by atoms with E-state index < -0.39 is 10.0 Å². The Balaban J connectivity index is 3.16. The fourth-order valence-electron chi connectivity index (χ4n) is 1.08. The molecule has 1 atom stereocenters. The molecule has 88 valence electrons. The second kappa shape index (κ2) is 4.86. The molecule has 0 aliphatic heterocycles. The molecule has 0 amide bonds. The third-order valence-corrected chi connectivity index (χ3v) is 3.98. The molecule has 1 aromatic rings. The zero-order chi connectivity index (χ0) is 12.3. The first-order valence-electron chi connectivity index (χ1n) is 4.56. The summed E-state index contributed by atoms with van der Waals surface area (Å²) in [5.74, 6) is 0. The molecule has 0 bridgehead atoms. The Hall–Kier alpha value is -1.04. The molecule has 0 aliphatic rings. The van der Waals surface area contributed by atoms with Crippen molar-refractivity contribution in [1.82, 2.24) is 4.72 Å². The summed E-state index contributed by atoms with van der Waals surface area (Å²) >= 11 is 5.81. The van der Waals surface area contributed by atoms with Crippen molar-refractivity contribution >= 4 is 27.3 Å². The molecular formula is C10H13ClN2O2S. The molecule has 1 rings (SSSR count). The zero-order valence-electron chi connectivity index (χ0n) is 8.77. The maximum absolute atomic E-state index is 11.9. The highest BCUT2D eigenvalue weighted by molar-refractivity contribution is 7.89. The molecule has 3 N–H and O–H groups in total. The van der Waals surface area contributed by atoms with Gasteiger partial charge in [-0.2, -0.15) is 0 Å². The van der Waals surface area contributed by atoms with Gasteiger partial charge < -0.3 is 5.73 Å². The smallest absolute Gasteiger partial charge is 0.242 e. The van der Waals surface area contributed by atoms with Gasteiger partial charge in [-0.15, -0.1) is 6.58 Å². The quantitative estimate of drug-likeness (QED) is 0.640. The van der Waals surface area contributed by atoms with Crippen LogP contribution in [0.3, 0.4) is 0 Å². The van der Waals surface area contributed by atoms with Gasteiger partial charge in [0.2, 0.25) is 10.0 Å². The molecule has 0 heterocycles. The maximum Gasteiger partial charge on any atom is 0.242 e. The average molecular weight is 261 g/mol. The van der Waals surface area contributed by atoms with Crippen LogP contribution in [0.4, 0.5) is 5.69 Å². The van der Waals surface area contributed by atoms with Gasteiger partial charge in [0.15, 0.2) is 0 Å². The van der Waals surface area contributed by atoms with Crippen LogP contribution in [0, 0.1) is 0 Å². The van der Waals surface area contributed by atoms with Crippen LogP contribution >= 0.6 is 11.6 Å². The van der Waals surface area contributed by atoms with Crippen molar-refractivity contribution < 1.29 is 8.42 Å². The molecule has 0 aromatic heterocycles. The van der Waals surface area contributed by atoms with E-state index in [4.69, 9.17) is 17.3 Å². The van der Waals surface area contributed by atoms with Gasteiger partial charge in [-0.3, -0.25) is 0 Å². The van der Waals surface area contributed by atoms with E-state index in [0.717, 1.165) is 0 Å². The van der Waals surface area contributed by atoms with E-state index in [-0.39, 0.29) is 16.0 Å². The van der Waals surface area contributed by atoms with Gasteiger partial charge in [-0.05, 0) is 25.1 Å². The van der Waals surface area contributed by atoms with E-state index in [2.05, 4.69) is 11.3 Å². The van der Waals surface area contributed by atoms with Gasteiger partial charge in [0, 0.05) is 11.7 Å². The summed E-state index contributed by atoms with van der Waals surface area (Å²) in [6, 6.07) is 3.94. The van der Waals surface area contributed by atoms with Crippen LogP contribution in [0.2, 0.25) is 5.02 Å². The second-order valence-corrected chi connectivity index (χ2v) is 5.43. The average Bonchev–Trinajstić information content (AvgIpc) is 2.20. The summed E-state index contributed by atoms with van der Waals surface area (Å²) in [4.78, 5) is -0.0251. The van der Waals surface area contributed by atoms with E-state index >= 15 is 0 Å². The standard InChI is InChI=1S/C10H13ClN2O2S/c1-3-7(2)13-16(14,15)10-6-8(12)4-5-9(10)11/h3-7,13H,1,12H2,2H3. The van der Waals surface area contributed by atoms with Crippen LogP contribution in [0.1, 0.15) is 6.92 Å². The highest BCUT2D eigenvalue weighted by Gasteiger charge is 2.19. The number of benzene rings is 1. The first-order chi connectivity index (χ1) is 7.36. The molecule has 0 spiro atoms. The van der Waals surface area contributed by atoms with Crippen molar-refractivity contribution in [3.8, 4) is 0 Å². The van der Waals surface area contributed by atoms with Gasteiger partial charge in [0.05, 0.1) is 5.02 Å². The lowest BCUT2D eigenvalue weighted by atomic mass is 10.3. The third-order valence-electron chi connectivity index (χ3n) is 1.94. The largest absolute Gasteiger partial charge is 0.399 e. The molecule has 1 unspecified atom stereocenters. The summed E-state index contributed by atoms with van der Waals surface area (Å²) < 4.78 is 26.2. The van der Waals surface area contributed by atoms with Gasteiger partial charge in [0.1, 0.15) is 4.90 Å². The molecule has 16 heavy (non-hydrogen) atoms. The summed E-state index contributed by atoms with van der Waals surface area (Å²) in [5.41, 5.74) is 5.86. The third kappa shape index (κ3) is 2.98. The highest BCUT2D eigenvalue weighted by atomic mass is 35.5. The lowest BCUT2D eigenvalue weighted by Crippen LogP contribution is -2.31. The topological polar surface area (TPSA) is 72.2 Å². The molecule has 0 fully saturated rings. The lowest BCUT2D eigenvalue weighted by molar-refractivity contribution is 0.576. The number of halogens is 1. The van der Waals surface area contributed by atoms with E-state index in [1.165, 1.54) is 24.3 Å². The van der Waals surface area contributed by atoms with E-state index in [0.29, 0.717) is 5.69 Å². The molecule has 4 nitrogen and oxygen atoms in total. The first-order valence-corrected chi connectivity index (χ1v) is 6.43. The lowest BCUT2D eigenvalue weighted by Gasteiger charge is -2.11. The Morgan fingerprint density at radius 1 is 1.56 bits per heavy atom. The Kier molecular flexibility index (Phi) is 3.96. The fourth-order valence-corrected chi connectivity index (χ4v) is 2.83. The molecule has 0 aliphatic carbocycles. The minimum atomic E-state index is -3.66. The van der Waals surface area contributed by atoms with Crippen molar-refractivity contribution in [2.24, 2.45) is 0 Å². The minimum absolute atomic E-state index is 0.0251. The van der Waals surface area contributed by atoms with E-state index in [1.807, 2.05) is 0 Å². The first kappa shape index (κ1) is 13.0. The molecule has 6 heteroatoms. The maximum atomic E-state index is 11.9. The number of nitrogens with one attached hydrogen (secondary N) is 1.